The lowest BCUT2D eigenvalue weighted by molar-refractivity contribution is 0.0987. The first-order chi connectivity index (χ1) is 15.5. The smallest absolute Gasteiger partial charge is 0.162 e. The summed E-state index contributed by atoms with van der Waals surface area (Å²) in [5.41, 5.74) is 6.58. The molecule has 1 aliphatic rings. The van der Waals surface area contributed by atoms with E-state index in [1.165, 1.54) is 11.1 Å². The van der Waals surface area contributed by atoms with Gasteiger partial charge in [0.15, 0.2) is 5.78 Å². The number of carbonyl (C=O) groups is 1. The van der Waals surface area contributed by atoms with Gasteiger partial charge in [-0.15, -0.1) is 0 Å². The highest BCUT2D eigenvalue weighted by atomic mass is 16.5. The van der Waals surface area contributed by atoms with Crippen molar-refractivity contribution in [2.24, 2.45) is 0 Å². The van der Waals surface area contributed by atoms with E-state index in [-0.39, 0.29) is 5.78 Å². The van der Waals surface area contributed by atoms with Gasteiger partial charge >= 0.3 is 0 Å². The van der Waals surface area contributed by atoms with E-state index in [4.69, 9.17) is 9.47 Å². The Labute approximate surface area is 191 Å². The summed E-state index contributed by atoms with van der Waals surface area (Å²) >= 11 is 0. The summed E-state index contributed by atoms with van der Waals surface area (Å²) in [4.78, 5) is 12.5. The van der Waals surface area contributed by atoms with Gasteiger partial charge in [-0.05, 0) is 78.6 Å². The lowest BCUT2D eigenvalue weighted by Crippen LogP contribution is -2.05. The second-order valence-electron chi connectivity index (χ2n) is 8.89. The molecule has 3 heteroatoms. The van der Waals surface area contributed by atoms with Crippen molar-refractivity contribution in [2.75, 3.05) is 0 Å². The van der Waals surface area contributed by atoms with Crippen LogP contribution in [0, 0.1) is 6.92 Å². The summed E-state index contributed by atoms with van der Waals surface area (Å²) in [6.45, 7) is 8.85. The molecule has 0 fully saturated rings. The third kappa shape index (κ3) is 4.57. The number of fused-ring (bicyclic) bond motifs is 1. The molecule has 0 heterocycles. The van der Waals surface area contributed by atoms with Crippen LogP contribution in [0.5, 0.6) is 17.2 Å². The molecule has 0 aromatic heterocycles. The van der Waals surface area contributed by atoms with Crippen LogP contribution < -0.4 is 9.47 Å². The number of rotatable bonds is 8. The lowest BCUT2D eigenvalue weighted by atomic mass is 9.95. The fourth-order valence-electron chi connectivity index (χ4n) is 4.51. The normalized spacial score (nSPS) is 12.7. The summed E-state index contributed by atoms with van der Waals surface area (Å²) in [5.74, 6) is 3.15. The number of carbonyl (C=O) groups excluding carboxylic acids is 1. The number of aryl methyl sites for hydroxylation is 1. The van der Waals surface area contributed by atoms with Crippen LogP contribution >= 0.6 is 0 Å². The molecule has 0 unspecified atom stereocenters. The van der Waals surface area contributed by atoms with E-state index in [1.807, 2.05) is 50.2 Å². The van der Waals surface area contributed by atoms with Crippen molar-refractivity contribution in [1.29, 1.82) is 0 Å². The van der Waals surface area contributed by atoms with E-state index < -0.39 is 0 Å². The molecule has 0 N–H and O–H groups in total. The van der Waals surface area contributed by atoms with Crippen LogP contribution in [0.3, 0.4) is 0 Å². The number of Topliss-reactive ketones (excluding diaryl/α,β-unsaturated/α-hetero) is 1. The minimum atomic E-state index is 0.222. The molecule has 0 bridgehead atoms. The van der Waals surface area contributed by atoms with Gasteiger partial charge in [-0.3, -0.25) is 4.79 Å². The summed E-state index contributed by atoms with van der Waals surface area (Å²) in [6.07, 6.45) is 3.53. The summed E-state index contributed by atoms with van der Waals surface area (Å²) in [7, 11) is 0. The first-order valence-corrected chi connectivity index (χ1v) is 11.6. The highest BCUT2D eigenvalue weighted by Crippen LogP contribution is 2.40. The summed E-state index contributed by atoms with van der Waals surface area (Å²) < 4.78 is 12.6. The molecule has 1 aliphatic carbocycles. The van der Waals surface area contributed by atoms with Crippen LogP contribution in [-0.4, -0.2) is 5.78 Å². The van der Waals surface area contributed by atoms with Crippen LogP contribution in [0.15, 0.2) is 54.6 Å². The van der Waals surface area contributed by atoms with Gasteiger partial charge in [0.1, 0.15) is 23.9 Å². The molecular weight excluding hydrogens is 396 g/mol. The Hall–Kier alpha value is -3.07. The first kappa shape index (κ1) is 22.1. The molecule has 3 aromatic carbocycles. The molecule has 0 aliphatic heterocycles. The van der Waals surface area contributed by atoms with Crippen LogP contribution in [0.4, 0.5) is 0 Å². The molecule has 3 aromatic rings. The third-order valence-corrected chi connectivity index (χ3v) is 6.22. The second kappa shape index (κ2) is 9.60. The lowest BCUT2D eigenvalue weighted by Gasteiger charge is -2.19. The van der Waals surface area contributed by atoms with E-state index in [2.05, 4.69) is 32.0 Å². The Balaban J connectivity index is 1.62. The zero-order valence-electron chi connectivity index (χ0n) is 19.5. The monoisotopic (exact) mass is 428 g/mol. The van der Waals surface area contributed by atoms with Gasteiger partial charge in [-0.1, -0.05) is 51.1 Å². The van der Waals surface area contributed by atoms with Crippen LogP contribution in [-0.2, 0) is 19.4 Å². The maximum Gasteiger partial charge on any atom is 0.162 e. The van der Waals surface area contributed by atoms with Crippen molar-refractivity contribution >= 4 is 5.78 Å². The Kier molecular flexibility index (Phi) is 6.64. The predicted molar refractivity (Wildman–Crippen MR) is 129 cm³/mol. The molecule has 4 rings (SSSR count). The average molecular weight is 429 g/mol. The van der Waals surface area contributed by atoms with Crippen molar-refractivity contribution in [2.45, 2.75) is 65.9 Å². The topological polar surface area (TPSA) is 35.5 Å². The molecule has 0 saturated carbocycles. The predicted octanol–water partition coefficient (Wildman–Crippen LogP) is 7.57. The molecule has 0 atom stereocenters. The second-order valence-corrected chi connectivity index (χ2v) is 8.89. The molecule has 0 radical (unpaired) electrons. The number of benzene rings is 3. The number of ether oxygens (including phenoxy) is 2. The molecule has 32 heavy (non-hydrogen) atoms. The first-order valence-electron chi connectivity index (χ1n) is 11.6. The average Bonchev–Trinajstić information content (AvgIpc) is 3.29. The van der Waals surface area contributed by atoms with Crippen molar-refractivity contribution in [3.8, 4) is 17.2 Å². The van der Waals surface area contributed by atoms with Crippen molar-refractivity contribution < 1.29 is 14.3 Å². The quantitative estimate of drug-likeness (QED) is 0.347. The van der Waals surface area contributed by atoms with Crippen LogP contribution in [0.25, 0.3) is 0 Å². The van der Waals surface area contributed by atoms with Gasteiger partial charge in [0.25, 0.3) is 0 Å². The van der Waals surface area contributed by atoms with Crippen LogP contribution in [0.1, 0.15) is 77.7 Å². The largest absolute Gasteiger partial charge is 0.489 e. The maximum absolute atomic E-state index is 12.5. The number of hydrogen-bond acceptors (Lipinski definition) is 3. The molecule has 3 nitrogen and oxygen atoms in total. The van der Waals surface area contributed by atoms with Gasteiger partial charge in [-0.2, -0.15) is 0 Å². The standard InChI is InChI=1S/C29H32O3/c1-5-27(30)26-16-20(4)29(24-13-9-12-23(24)26)32-22-14-15-28(25(17-22)19(2)3)31-18-21-10-7-6-8-11-21/h6-8,10-11,14-17,19H,5,9,12-13,18H2,1-4H3. The zero-order chi connectivity index (χ0) is 22.7. The fraction of sp³-hybridized carbons (Fsp3) is 0.345. The molecule has 0 spiro atoms. The van der Waals surface area contributed by atoms with E-state index in [9.17, 15) is 4.79 Å². The zero-order valence-corrected chi connectivity index (χ0v) is 19.5. The summed E-state index contributed by atoms with van der Waals surface area (Å²) in [5, 5.41) is 0. The third-order valence-electron chi connectivity index (χ3n) is 6.22. The van der Waals surface area contributed by atoms with E-state index in [1.54, 1.807) is 0 Å². The fourth-order valence-corrected chi connectivity index (χ4v) is 4.51. The van der Waals surface area contributed by atoms with Crippen molar-refractivity contribution in [3.63, 3.8) is 0 Å². The molecular formula is C29H32O3. The number of ketones is 1. The Bertz CT molecular complexity index is 1110. The Morgan fingerprint density at radius 3 is 2.47 bits per heavy atom. The van der Waals surface area contributed by atoms with Gasteiger partial charge in [-0.25, -0.2) is 0 Å². The van der Waals surface area contributed by atoms with Gasteiger partial charge in [0.05, 0.1) is 0 Å². The Morgan fingerprint density at radius 2 is 1.75 bits per heavy atom. The maximum atomic E-state index is 12.5. The minimum absolute atomic E-state index is 0.222. The molecule has 0 saturated heterocycles. The van der Waals surface area contributed by atoms with Crippen molar-refractivity contribution in [3.05, 3.63) is 88.0 Å². The molecule has 0 amide bonds. The summed E-state index contributed by atoms with van der Waals surface area (Å²) in [6, 6.07) is 18.3. The minimum Gasteiger partial charge on any atom is -0.489 e. The number of hydrogen-bond donors (Lipinski definition) is 0. The van der Waals surface area contributed by atoms with Gasteiger partial charge in [0, 0.05) is 17.5 Å². The van der Waals surface area contributed by atoms with Gasteiger partial charge < -0.3 is 9.47 Å². The Morgan fingerprint density at radius 1 is 1.00 bits per heavy atom. The van der Waals surface area contributed by atoms with Gasteiger partial charge in [0.2, 0.25) is 0 Å². The highest BCUT2D eigenvalue weighted by Gasteiger charge is 2.24. The van der Waals surface area contributed by atoms with Crippen molar-refractivity contribution in [1.82, 2.24) is 0 Å². The SMILES string of the molecule is CCC(=O)c1cc(C)c(Oc2ccc(OCc3ccccc3)c(C(C)C)c2)c2c1CCC2. The van der Waals surface area contributed by atoms with E-state index >= 15 is 0 Å². The van der Waals surface area contributed by atoms with E-state index in [0.717, 1.165) is 58.8 Å². The van der Waals surface area contributed by atoms with Crippen LogP contribution in [0.2, 0.25) is 0 Å². The molecule has 166 valence electrons. The highest BCUT2D eigenvalue weighted by molar-refractivity contribution is 5.98. The van der Waals surface area contributed by atoms with E-state index in [0.29, 0.717) is 18.9 Å².